The molecule has 108 valence electrons. The monoisotopic (exact) mass is 367 g/mol. The summed E-state index contributed by atoms with van der Waals surface area (Å²) in [7, 11) is 0. The number of rotatable bonds is 3. The predicted molar refractivity (Wildman–Crippen MR) is 83.7 cm³/mol. The van der Waals surface area contributed by atoms with Crippen molar-refractivity contribution in [1.29, 1.82) is 0 Å². The van der Waals surface area contributed by atoms with Crippen LogP contribution in [0.2, 0.25) is 5.02 Å². The van der Waals surface area contributed by atoms with Crippen molar-refractivity contribution in [3.8, 4) is 11.5 Å². The van der Waals surface area contributed by atoms with Crippen LogP contribution in [0.25, 0.3) is 4.85 Å². The van der Waals surface area contributed by atoms with Gasteiger partial charge in [0.25, 0.3) is 0 Å². The lowest BCUT2D eigenvalue weighted by Gasteiger charge is -2.07. The first kappa shape index (κ1) is 15.5. The van der Waals surface area contributed by atoms with E-state index in [1.165, 1.54) is 11.6 Å². The highest BCUT2D eigenvalue weighted by molar-refractivity contribution is 9.08. The fraction of sp³-hybridized carbons (Fsp3) is 0.214. The Morgan fingerprint density at radius 1 is 1.52 bits per heavy atom. The topological polar surface area (TPSA) is 48.5 Å². The molecule has 0 spiro atoms. The minimum absolute atomic E-state index is 0.197. The zero-order chi connectivity index (χ0) is 15.6. The molecule has 1 aromatic carbocycles. The quantitative estimate of drug-likeness (QED) is 0.580. The van der Waals surface area contributed by atoms with E-state index in [1.807, 2.05) is 0 Å². The molecule has 5 nitrogen and oxygen atoms in total. The highest BCUT2D eigenvalue weighted by Gasteiger charge is 2.18. The number of carbonyl (C=O) groups excluding carboxylic acids is 1. The van der Waals surface area contributed by atoms with Crippen molar-refractivity contribution in [2.45, 2.75) is 19.2 Å². The molecule has 0 aliphatic heterocycles. The summed E-state index contributed by atoms with van der Waals surface area (Å²) in [5.74, 6) is 0.722. The maximum atomic E-state index is 11.5. The number of ether oxygens (including phenoxy) is 1. The van der Waals surface area contributed by atoms with Crippen LogP contribution in [-0.4, -0.2) is 15.7 Å². The average molecular weight is 369 g/mol. The smallest absolute Gasteiger partial charge is 0.244 e. The van der Waals surface area contributed by atoms with Gasteiger partial charge in [-0.25, -0.2) is 9.53 Å². The lowest BCUT2D eigenvalue weighted by molar-refractivity contribution is 0.0918. The van der Waals surface area contributed by atoms with Gasteiger partial charge in [-0.05, 0) is 25.1 Å². The molecule has 1 aromatic heterocycles. The molecule has 0 bridgehead atoms. The van der Waals surface area contributed by atoms with Gasteiger partial charge in [-0.15, -0.1) is 0 Å². The normalized spacial score (nSPS) is 10.2. The largest absolute Gasteiger partial charge is 0.455 e. The van der Waals surface area contributed by atoms with E-state index < -0.39 is 0 Å². The fourth-order valence-electron chi connectivity index (χ4n) is 1.86. The SMILES string of the molecule is [C-]#[N+]c1cc(Cl)cc(Oc2c(CBr)nn(C(C)=O)c2C)c1. The van der Waals surface area contributed by atoms with Crippen LogP contribution in [0.1, 0.15) is 23.1 Å². The van der Waals surface area contributed by atoms with Crippen molar-refractivity contribution >= 4 is 39.1 Å². The highest BCUT2D eigenvalue weighted by atomic mass is 79.9. The number of hydrogen-bond acceptors (Lipinski definition) is 3. The molecule has 0 fully saturated rings. The highest BCUT2D eigenvalue weighted by Crippen LogP contribution is 2.34. The number of benzene rings is 1. The van der Waals surface area contributed by atoms with Gasteiger partial charge in [0.2, 0.25) is 5.91 Å². The van der Waals surface area contributed by atoms with Crippen LogP contribution in [0.5, 0.6) is 11.5 Å². The second-order valence-electron chi connectivity index (χ2n) is 4.28. The van der Waals surface area contributed by atoms with E-state index in [9.17, 15) is 4.79 Å². The first-order valence-electron chi connectivity index (χ1n) is 5.97. The lowest BCUT2D eigenvalue weighted by atomic mass is 10.3. The van der Waals surface area contributed by atoms with Gasteiger partial charge < -0.3 is 4.74 Å². The molecule has 0 saturated heterocycles. The van der Waals surface area contributed by atoms with E-state index >= 15 is 0 Å². The third-order valence-corrected chi connectivity index (χ3v) is 3.51. The van der Waals surface area contributed by atoms with Gasteiger partial charge in [0.1, 0.15) is 11.4 Å². The molecular formula is C14H11BrClN3O2. The Labute approximate surface area is 135 Å². The first-order valence-corrected chi connectivity index (χ1v) is 7.47. The Balaban J connectivity index is 2.46. The number of hydrogen-bond donors (Lipinski definition) is 0. The van der Waals surface area contributed by atoms with Crippen LogP contribution in [-0.2, 0) is 5.33 Å². The minimum atomic E-state index is -0.197. The molecule has 2 aromatic rings. The van der Waals surface area contributed by atoms with E-state index in [-0.39, 0.29) is 5.91 Å². The second kappa shape index (κ2) is 6.29. The predicted octanol–water partition coefficient (Wildman–Crippen LogP) is 4.74. The van der Waals surface area contributed by atoms with E-state index in [0.717, 1.165) is 0 Å². The summed E-state index contributed by atoms with van der Waals surface area (Å²) in [5, 5.41) is 5.05. The molecule has 0 atom stereocenters. The molecule has 0 saturated carbocycles. The maximum absolute atomic E-state index is 11.5. The molecular weight excluding hydrogens is 358 g/mol. The maximum Gasteiger partial charge on any atom is 0.244 e. The number of nitrogens with zero attached hydrogens (tertiary/aromatic N) is 3. The summed E-state index contributed by atoms with van der Waals surface area (Å²) in [6.07, 6.45) is 0. The van der Waals surface area contributed by atoms with E-state index in [1.54, 1.807) is 25.1 Å². The lowest BCUT2D eigenvalue weighted by Crippen LogP contribution is -2.09. The van der Waals surface area contributed by atoms with Crippen LogP contribution >= 0.6 is 27.5 Å². The number of carbonyl (C=O) groups is 1. The Kier molecular flexibility index (Phi) is 4.66. The van der Waals surface area contributed by atoms with Crippen LogP contribution in [0.3, 0.4) is 0 Å². The van der Waals surface area contributed by atoms with Crippen molar-refractivity contribution in [3.63, 3.8) is 0 Å². The average Bonchev–Trinajstić information content (AvgIpc) is 2.75. The third kappa shape index (κ3) is 3.26. The summed E-state index contributed by atoms with van der Waals surface area (Å²) >= 11 is 9.28. The molecule has 0 aliphatic carbocycles. The van der Waals surface area contributed by atoms with Crippen LogP contribution < -0.4 is 4.74 Å². The van der Waals surface area contributed by atoms with Gasteiger partial charge in [0.05, 0.1) is 17.6 Å². The molecule has 1 heterocycles. The van der Waals surface area contributed by atoms with Gasteiger partial charge in [-0.1, -0.05) is 27.5 Å². The number of alkyl halides is 1. The van der Waals surface area contributed by atoms with Gasteiger partial charge in [-0.3, -0.25) is 4.79 Å². The van der Waals surface area contributed by atoms with Crippen molar-refractivity contribution < 1.29 is 9.53 Å². The molecule has 0 N–H and O–H groups in total. The number of halogens is 2. The van der Waals surface area contributed by atoms with Crippen molar-refractivity contribution in [3.05, 3.63) is 46.0 Å². The first-order chi connectivity index (χ1) is 9.96. The molecule has 0 unspecified atom stereocenters. The fourth-order valence-corrected chi connectivity index (χ4v) is 2.45. The molecule has 0 aliphatic rings. The van der Waals surface area contributed by atoms with E-state index in [0.29, 0.717) is 38.9 Å². The summed E-state index contributed by atoms with van der Waals surface area (Å²) < 4.78 is 7.08. The third-order valence-electron chi connectivity index (χ3n) is 2.76. The molecule has 0 radical (unpaired) electrons. The van der Waals surface area contributed by atoms with Crippen molar-refractivity contribution in [2.24, 2.45) is 0 Å². The van der Waals surface area contributed by atoms with Gasteiger partial charge in [0, 0.05) is 11.9 Å². The van der Waals surface area contributed by atoms with E-state index in [2.05, 4.69) is 25.9 Å². The summed E-state index contributed by atoms with van der Waals surface area (Å²) in [6, 6.07) is 4.75. The molecule has 0 amide bonds. The van der Waals surface area contributed by atoms with Crippen LogP contribution in [0, 0.1) is 13.5 Å². The minimum Gasteiger partial charge on any atom is -0.455 e. The Bertz CT molecular complexity index is 749. The van der Waals surface area contributed by atoms with Crippen molar-refractivity contribution in [1.82, 2.24) is 9.78 Å². The Hall–Kier alpha value is -1.84. The van der Waals surface area contributed by atoms with Gasteiger partial charge in [-0.2, -0.15) is 5.10 Å². The molecule has 2 rings (SSSR count). The molecule has 7 heteroatoms. The standard InChI is InChI=1S/C14H11BrClN3O2/c1-8-14(13(7-15)18-19(8)9(2)20)21-12-5-10(16)4-11(6-12)17-3/h4-6H,7H2,1-2H3. The van der Waals surface area contributed by atoms with Crippen LogP contribution in [0.15, 0.2) is 18.2 Å². The van der Waals surface area contributed by atoms with Crippen molar-refractivity contribution in [2.75, 3.05) is 0 Å². The summed E-state index contributed by atoms with van der Waals surface area (Å²) in [5.41, 5.74) is 1.59. The molecule has 21 heavy (non-hydrogen) atoms. The van der Waals surface area contributed by atoms with Gasteiger partial charge >= 0.3 is 0 Å². The summed E-state index contributed by atoms with van der Waals surface area (Å²) in [4.78, 5) is 14.9. The zero-order valence-electron chi connectivity index (χ0n) is 11.4. The Morgan fingerprint density at radius 2 is 2.24 bits per heavy atom. The number of aromatic nitrogens is 2. The Morgan fingerprint density at radius 3 is 2.81 bits per heavy atom. The summed E-state index contributed by atoms with van der Waals surface area (Å²) in [6.45, 7) is 10.2. The zero-order valence-corrected chi connectivity index (χ0v) is 13.7. The second-order valence-corrected chi connectivity index (χ2v) is 5.28. The van der Waals surface area contributed by atoms with Crippen LogP contribution in [0.4, 0.5) is 5.69 Å². The van der Waals surface area contributed by atoms with E-state index in [4.69, 9.17) is 22.9 Å². The van der Waals surface area contributed by atoms with Gasteiger partial charge in [0.15, 0.2) is 11.4 Å².